The minimum atomic E-state index is 0. The highest BCUT2D eigenvalue weighted by molar-refractivity contribution is 14.0. The lowest BCUT2D eigenvalue weighted by Gasteiger charge is -2.05. The second kappa shape index (κ2) is 8.48. The molecule has 4 N–H and O–H groups in total. The van der Waals surface area contributed by atoms with Crippen LogP contribution in [0.3, 0.4) is 0 Å². The van der Waals surface area contributed by atoms with E-state index in [4.69, 9.17) is 10.2 Å². The number of rotatable bonds is 5. The maximum atomic E-state index is 5.88. The molecule has 2 aromatic heterocycles. The Labute approximate surface area is 156 Å². The molecule has 0 saturated heterocycles. The quantitative estimate of drug-likeness (QED) is 0.323. The van der Waals surface area contributed by atoms with Gasteiger partial charge in [-0.1, -0.05) is 12.1 Å². The minimum Gasteiger partial charge on any atom is -0.461 e. The number of hydrogen-bond donors (Lipinski definition) is 3. The third-order valence-corrected chi connectivity index (χ3v) is 3.19. The molecular weight excluding hydrogens is 419 g/mol. The summed E-state index contributed by atoms with van der Waals surface area (Å²) in [6.45, 7) is 2.54. The molecule has 2 heterocycles. The summed E-state index contributed by atoms with van der Waals surface area (Å²) in [6.07, 6.45) is 2.21. The van der Waals surface area contributed by atoms with Crippen LogP contribution in [0.1, 0.15) is 11.4 Å². The molecule has 1 aromatic carbocycles. The molecule has 0 aliphatic heterocycles. The Morgan fingerprint density at radius 3 is 2.96 bits per heavy atom. The Morgan fingerprint density at radius 2 is 2.21 bits per heavy atom. The standard InChI is InChI=1S/C16H18N6O.HI/c1-11-4-2-5-12(10-11)19-16(17)18-8-7-14-20-15(22-21-14)13-6-3-9-23-13;/h2-6,9-10H,7-8H2,1H3,(H3,17,18,19)(H,20,21,22);1H. The van der Waals surface area contributed by atoms with E-state index < -0.39 is 0 Å². The first-order valence-corrected chi connectivity index (χ1v) is 7.29. The topological polar surface area (TPSA) is 105 Å². The normalized spacial score (nSPS) is 11.1. The van der Waals surface area contributed by atoms with Crippen LogP contribution in [0.4, 0.5) is 5.69 Å². The number of anilines is 1. The van der Waals surface area contributed by atoms with Crippen molar-refractivity contribution in [3.63, 3.8) is 0 Å². The van der Waals surface area contributed by atoms with Gasteiger partial charge in [-0.2, -0.15) is 5.10 Å². The Kier molecular flexibility index (Phi) is 6.36. The summed E-state index contributed by atoms with van der Waals surface area (Å²) >= 11 is 0. The molecule has 0 amide bonds. The van der Waals surface area contributed by atoms with Gasteiger partial charge in [0, 0.05) is 18.7 Å². The van der Waals surface area contributed by atoms with Crippen molar-refractivity contribution in [1.82, 2.24) is 15.2 Å². The largest absolute Gasteiger partial charge is 0.461 e. The van der Waals surface area contributed by atoms with E-state index in [2.05, 4.69) is 25.5 Å². The number of halogens is 1. The average Bonchev–Trinajstić information content (AvgIpc) is 3.18. The van der Waals surface area contributed by atoms with Crippen LogP contribution in [0.5, 0.6) is 0 Å². The maximum Gasteiger partial charge on any atom is 0.216 e. The predicted molar refractivity (Wildman–Crippen MR) is 104 cm³/mol. The van der Waals surface area contributed by atoms with E-state index >= 15 is 0 Å². The Bertz CT molecular complexity index is 797. The highest BCUT2D eigenvalue weighted by Crippen LogP contribution is 2.14. The number of furan rings is 1. The van der Waals surface area contributed by atoms with Crippen LogP contribution in [-0.4, -0.2) is 27.7 Å². The summed E-state index contributed by atoms with van der Waals surface area (Å²) in [4.78, 5) is 8.64. The first kappa shape index (κ1) is 18.0. The van der Waals surface area contributed by atoms with Crippen LogP contribution in [0.2, 0.25) is 0 Å². The maximum absolute atomic E-state index is 5.88. The number of aryl methyl sites for hydroxylation is 1. The number of aliphatic imine (C=N–C) groups is 1. The van der Waals surface area contributed by atoms with Gasteiger partial charge in [0.05, 0.1) is 6.26 Å². The fourth-order valence-corrected chi connectivity index (χ4v) is 2.12. The van der Waals surface area contributed by atoms with Crippen molar-refractivity contribution in [2.24, 2.45) is 10.7 Å². The van der Waals surface area contributed by atoms with Gasteiger partial charge < -0.3 is 15.5 Å². The zero-order valence-corrected chi connectivity index (χ0v) is 15.5. The Balaban J connectivity index is 0.00000208. The molecule has 0 atom stereocenters. The van der Waals surface area contributed by atoms with E-state index in [0.29, 0.717) is 30.5 Å². The molecule has 3 rings (SSSR count). The smallest absolute Gasteiger partial charge is 0.216 e. The number of nitrogens with zero attached hydrogens (tertiary/aromatic N) is 3. The molecule has 24 heavy (non-hydrogen) atoms. The third kappa shape index (κ3) is 4.82. The van der Waals surface area contributed by atoms with E-state index in [0.717, 1.165) is 17.1 Å². The number of guanidine groups is 1. The van der Waals surface area contributed by atoms with Gasteiger partial charge in [-0.25, -0.2) is 4.98 Å². The van der Waals surface area contributed by atoms with Crippen molar-refractivity contribution < 1.29 is 4.42 Å². The number of aromatic amines is 1. The molecule has 126 valence electrons. The number of benzene rings is 1. The van der Waals surface area contributed by atoms with Gasteiger partial charge in [-0.05, 0) is 36.8 Å². The predicted octanol–water partition coefficient (Wildman–Crippen LogP) is 2.96. The minimum absolute atomic E-state index is 0. The molecule has 0 saturated carbocycles. The molecule has 7 nitrogen and oxygen atoms in total. The van der Waals surface area contributed by atoms with Crippen molar-refractivity contribution >= 4 is 35.6 Å². The number of nitrogens with one attached hydrogen (secondary N) is 2. The molecule has 0 radical (unpaired) electrons. The monoisotopic (exact) mass is 438 g/mol. The van der Waals surface area contributed by atoms with Gasteiger partial charge in [-0.15, -0.1) is 24.0 Å². The van der Waals surface area contributed by atoms with Gasteiger partial charge in [-0.3, -0.25) is 10.1 Å². The summed E-state index contributed by atoms with van der Waals surface area (Å²) in [7, 11) is 0. The first-order valence-electron chi connectivity index (χ1n) is 7.29. The summed E-state index contributed by atoms with van der Waals surface area (Å²) in [6, 6.07) is 11.6. The van der Waals surface area contributed by atoms with Crippen LogP contribution >= 0.6 is 24.0 Å². The third-order valence-electron chi connectivity index (χ3n) is 3.19. The van der Waals surface area contributed by atoms with Crippen molar-refractivity contribution in [2.45, 2.75) is 13.3 Å². The first-order chi connectivity index (χ1) is 11.2. The Morgan fingerprint density at radius 1 is 1.33 bits per heavy atom. The van der Waals surface area contributed by atoms with Crippen LogP contribution in [0, 0.1) is 6.92 Å². The highest BCUT2D eigenvalue weighted by Gasteiger charge is 2.07. The van der Waals surface area contributed by atoms with Gasteiger partial charge >= 0.3 is 0 Å². The van der Waals surface area contributed by atoms with E-state index in [-0.39, 0.29) is 24.0 Å². The SMILES string of the molecule is Cc1cccc(NC(N)=NCCc2nc(-c3ccco3)n[nH]2)c1.I. The van der Waals surface area contributed by atoms with Crippen LogP contribution in [-0.2, 0) is 6.42 Å². The average molecular weight is 438 g/mol. The zero-order valence-electron chi connectivity index (χ0n) is 13.2. The molecule has 0 fully saturated rings. The van der Waals surface area contributed by atoms with Crippen LogP contribution < -0.4 is 11.1 Å². The summed E-state index contributed by atoms with van der Waals surface area (Å²) in [5.41, 5.74) is 7.96. The lowest BCUT2D eigenvalue weighted by Crippen LogP contribution is -2.23. The fraction of sp³-hybridized carbons (Fsp3) is 0.188. The van der Waals surface area contributed by atoms with Crippen molar-refractivity contribution in [3.05, 3.63) is 54.0 Å². The molecule has 0 bridgehead atoms. The molecule has 8 heteroatoms. The molecular formula is C16H19IN6O. The lowest BCUT2D eigenvalue weighted by molar-refractivity contribution is 0.577. The van der Waals surface area contributed by atoms with E-state index in [1.807, 2.05) is 37.3 Å². The van der Waals surface area contributed by atoms with Crippen molar-refractivity contribution in [1.29, 1.82) is 0 Å². The number of nitrogens with two attached hydrogens (primary N) is 1. The van der Waals surface area contributed by atoms with Crippen LogP contribution in [0.25, 0.3) is 11.6 Å². The van der Waals surface area contributed by atoms with Gasteiger partial charge in [0.25, 0.3) is 0 Å². The van der Waals surface area contributed by atoms with E-state index in [1.165, 1.54) is 0 Å². The van der Waals surface area contributed by atoms with E-state index in [9.17, 15) is 0 Å². The zero-order chi connectivity index (χ0) is 16.1. The molecule has 0 unspecified atom stereocenters. The second-order valence-electron chi connectivity index (χ2n) is 5.09. The number of H-pyrrole nitrogens is 1. The summed E-state index contributed by atoms with van der Waals surface area (Å²) < 4.78 is 5.25. The van der Waals surface area contributed by atoms with Gasteiger partial charge in [0.2, 0.25) is 5.82 Å². The lowest BCUT2D eigenvalue weighted by atomic mass is 10.2. The van der Waals surface area contributed by atoms with Crippen molar-refractivity contribution in [2.75, 3.05) is 11.9 Å². The molecule has 0 aliphatic carbocycles. The Hall–Kier alpha value is -2.36. The summed E-state index contributed by atoms with van der Waals surface area (Å²) in [5, 5.41) is 10.0. The highest BCUT2D eigenvalue weighted by atomic mass is 127. The van der Waals surface area contributed by atoms with Gasteiger partial charge in [0.15, 0.2) is 11.7 Å². The molecule has 0 aliphatic rings. The van der Waals surface area contributed by atoms with Crippen LogP contribution in [0.15, 0.2) is 52.1 Å². The number of hydrogen-bond acceptors (Lipinski definition) is 4. The second-order valence-corrected chi connectivity index (χ2v) is 5.09. The van der Waals surface area contributed by atoms with Crippen molar-refractivity contribution in [3.8, 4) is 11.6 Å². The number of aromatic nitrogens is 3. The van der Waals surface area contributed by atoms with Gasteiger partial charge in [0.1, 0.15) is 5.82 Å². The molecule has 0 spiro atoms. The fourth-order valence-electron chi connectivity index (χ4n) is 2.12. The molecule has 3 aromatic rings. The summed E-state index contributed by atoms with van der Waals surface area (Å²) in [5.74, 6) is 2.29. The van der Waals surface area contributed by atoms with E-state index in [1.54, 1.807) is 12.3 Å².